The second-order valence-corrected chi connectivity index (χ2v) is 4.00. The molecular formula is C10H16N4O3. The van der Waals surface area contributed by atoms with E-state index in [9.17, 15) is 9.59 Å². The van der Waals surface area contributed by atoms with Crippen molar-refractivity contribution < 1.29 is 14.7 Å². The van der Waals surface area contributed by atoms with E-state index in [4.69, 9.17) is 16.6 Å². The van der Waals surface area contributed by atoms with Gasteiger partial charge in [0.05, 0.1) is 24.0 Å². The predicted octanol–water partition coefficient (Wildman–Crippen LogP) is -1.17. The summed E-state index contributed by atoms with van der Waals surface area (Å²) < 4.78 is 1.62. The summed E-state index contributed by atoms with van der Waals surface area (Å²) in [7, 11) is 1.72. The van der Waals surface area contributed by atoms with Crippen LogP contribution in [0.3, 0.4) is 0 Å². The van der Waals surface area contributed by atoms with Crippen LogP contribution in [-0.4, -0.2) is 38.5 Å². The number of nitrogens with two attached hydrogens (primary N) is 2. The summed E-state index contributed by atoms with van der Waals surface area (Å²) in [6, 6.07) is -2.13. The number of Topliss-reactive ketones (excluding diaryl/α,β-unsaturated/α-hetero) is 1. The molecule has 0 bridgehead atoms. The van der Waals surface area contributed by atoms with Crippen molar-refractivity contribution in [2.24, 2.45) is 18.5 Å². The van der Waals surface area contributed by atoms with Gasteiger partial charge in [0.15, 0.2) is 5.78 Å². The fraction of sp³-hybridized carbons (Fsp3) is 0.500. The van der Waals surface area contributed by atoms with Gasteiger partial charge in [0.2, 0.25) is 0 Å². The number of carboxylic acids is 1. The number of aromatic nitrogens is 2. The number of imidazole rings is 1. The van der Waals surface area contributed by atoms with E-state index >= 15 is 0 Å². The molecule has 0 radical (unpaired) electrons. The van der Waals surface area contributed by atoms with Gasteiger partial charge in [-0.25, -0.2) is 4.98 Å². The first-order valence-electron chi connectivity index (χ1n) is 5.10. The molecule has 7 heteroatoms. The topological polar surface area (TPSA) is 124 Å². The zero-order valence-electron chi connectivity index (χ0n) is 9.70. The van der Waals surface area contributed by atoms with Crippen molar-refractivity contribution in [2.75, 3.05) is 0 Å². The molecule has 1 heterocycles. The number of aryl methyl sites for hydroxylation is 1. The van der Waals surface area contributed by atoms with Gasteiger partial charge in [-0.1, -0.05) is 0 Å². The Bertz CT molecular complexity index is 427. The van der Waals surface area contributed by atoms with Crippen molar-refractivity contribution in [3.8, 4) is 0 Å². The van der Waals surface area contributed by atoms with E-state index in [0.717, 1.165) is 0 Å². The Morgan fingerprint density at radius 3 is 2.41 bits per heavy atom. The molecule has 0 aliphatic heterocycles. The highest BCUT2D eigenvalue weighted by Gasteiger charge is 2.35. The van der Waals surface area contributed by atoms with Gasteiger partial charge in [0, 0.05) is 13.2 Å². The third-order valence-corrected chi connectivity index (χ3v) is 2.44. The molecule has 0 amide bonds. The number of ketones is 1. The quantitative estimate of drug-likeness (QED) is 0.595. The minimum Gasteiger partial charge on any atom is -0.480 e. The SMILES string of the molecule is CC(N)C(=O)C(c1cn(C)cn1)C(N)C(=O)O. The van der Waals surface area contributed by atoms with Crippen molar-refractivity contribution in [2.45, 2.75) is 24.9 Å². The first kappa shape index (κ1) is 13.3. The Labute approximate surface area is 98.4 Å². The summed E-state index contributed by atoms with van der Waals surface area (Å²) in [5.41, 5.74) is 11.3. The van der Waals surface area contributed by atoms with Crippen LogP contribution in [-0.2, 0) is 16.6 Å². The molecule has 17 heavy (non-hydrogen) atoms. The molecule has 5 N–H and O–H groups in total. The van der Waals surface area contributed by atoms with Crippen molar-refractivity contribution in [3.63, 3.8) is 0 Å². The van der Waals surface area contributed by atoms with E-state index in [0.29, 0.717) is 5.69 Å². The number of carbonyl (C=O) groups is 2. The van der Waals surface area contributed by atoms with Gasteiger partial charge in [0.1, 0.15) is 6.04 Å². The number of hydrogen-bond donors (Lipinski definition) is 3. The fourth-order valence-electron chi connectivity index (χ4n) is 1.53. The average molecular weight is 240 g/mol. The van der Waals surface area contributed by atoms with Gasteiger partial charge in [-0.3, -0.25) is 9.59 Å². The van der Waals surface area contributed by atoms with Crippen LogP contribution < -0.4 is 11.5 Å². The predicted molar refractivity (Wildman–Crippen MR) is 60.2 cm³/mol. The Morgan fingerprint density at radius 2 is 2.06 bits per heavy atom. The van der Waals surface area contributed by atoms with Crippen molar-refractivity contribution in [1.29, 1.82) is 0 Å². The molecule has 0 saturated heterocycles. The number of carbonyl (C=O) groups excluding carboxylic acids is 1. The normalized spacial score (nSPS) is 16.2. The number of carboxylic acid groups (broad SMARTS) is 1. The van der Waals surface area contributed by atoms with Crippen molar-refractivity contribution >= 4 is 11.8 Å². The first-order chi connectivity index (χ1) is 7.84. The Kier molecular flexibility index (Phi) is 3.97. The minimum absolute atomic E-state index is 0.324. The van der Waals surface area contributed by atoms with E-state index in [1.54, 1.807) is 17.8 Å². The van der Waals surface area contributed by atoms with E-state index in [-0.39, 0.29) is 0 Å². The van der Waals surface area contributed by atoms with Crippen LogP contribution in [0.25, 0.3) is 0 Å². The Balaban J connectivity index is 3.11. The second-order valence-electron chi connectivity index (χ2n) is 4.00. The van der Waals surface area contributed by atoms with Crippen LogP contribution in [0.5, 0.6) is 0 Å². The molecule has 0 aliphatic rings. The smallest absolute Gasteiger partial charge is 0.321 e. The number of aliphatic carboxylic acids is 1. The van der Waals surface area contributed by atoms with Gasteiger partial charge >= 0.3 is 5.97 Å². The van der Waals surface area contributed by atoms with Crippen LogP contribution in [0.2, 0.25) is 0 Å². The molecule has 1 aromatic rings. The average Bonchev–Trinajstić information content (AvgIpc) is 2.64. The lowest BCUT2D eigenvalue weighted by Crippen LogP contribution is -2.45. The summed E-state index contributed by atoms with van der Waals surface area (Å²) in [5.74, 6) is -2.71. The first-order valence-corrected chi connectivity index (χ1v) is 5.10. The molecule has 0 fully saturated rings. The molecule has 0 spiro atoms. The third-order valence-electron chi connectivity index (χ3n) is 2.44. The van der Waals surface area contributed by atoms with Gasteiger partial charge in [-0.2, -0.15) is 0 Å². The molecule has 94 valence electrons. The van der Waals surface area contributed by atoms with Crippen LogP contribution >= 0.6 is 0 Å². The highest BCUT2D eigenvalue weighted by Crippen LogP contribution is 2.19. The number of nitrogens with zero attached hydrogens (tertiary/aromatic N) is 2. The molecule has 3 unspecified atom stereocenters. The molecule has 1 rings (SSSR count). The minimum atomic E-state index is -1.34. The lowest BCUT2D eigenvalue weighted by molar-refractivity contribution is -0.141. The highest BCUT2D eigenvalue weighted by molar-refractivity contribution is 5.94. The van der Waals surface area contributed by atoms with Crippen LogP contribution in [0, 0.1) is 0 Å². The van der Waals surface area contributed by atoms with Crippen molar-refractivity contribution in [1.82, 2.24) is 9.55 Å². The maximum atomic E-state index is 11.9. The monoisotopic (exact) mass is 240 g/mol. The lowest BCUT2D eigenvalue weighted by atomic mass is 9.89. The lowest BCUT2D eigenvalue weighted by Gasteiger charge is -2.19. The Morgan fingerprint density at radius 1 is 1.47 bits per heavy atom. The van der Waals surface area contributed by atoms with Crippen LogP contribution in [0.4, 0.5) is 0 Å². The van der Waals surface area contributed by atoms with Crippen LogP contribution in [0.1, 0.15) is 18.5 Å². The summed E-state index contributed by atoms with van der Waals surface area (Å²) in [6.07, 6.45) is 3.04. The molecule has 1 aromatic heterocycles. The maximum Gasteiger partial charge on any atom is 0.321 e. The number of rotatable bonds is 5. The van der Waals surface area contributed by atoms with Crippen molar-refractivity contribution in [3.05, 3.63) is 18.2 Å². The summed E-state index contributed by atoms with van der Waals surface area (Å²) in [6.45, 7) is 1.49. The summed E-state index contributed by atoms with van der Waals surface area (Å²) in [4.78, 5) is 26.7. The molecule has 3 atom stereocenters. The fourth-order valence-corrected chi connectivity index (χ4v) is 1.53. The molecule has 0 saturated carbocycles. The number of hydrogen-bond acceptors (Lipinski definition) is 5. The Hall–Kier alpha value is -1.73. The maximum absolute atomic E-state index is 11.9. The molecular weight excluding hydrogens is 224 g/mol. The highest BCUT2D eigenvalue weighted by atomic mass is 16.4. The van der Waals surface area contributed by atoms with E-state index in [1.165, 1.54) is 13.3 Å². The van der Waals surface area contributed by atoms with Gasteiger partial charge in [-0.05, 0) is 6.92 Å². The third kappa shape index (κ3) is 2.89. The molecule has 0 aromatic carbocycles. The van der Waals surface area contributed by atoms with E-state index in [2.05, 4.69) is 4.98 Å². The molecule has 7 nitrogen and oxygen atoms in total. The van der Waals surface area contributed by atoms with Gasteiger partial charge in [0.25, 0.3) is 0 Å². The van der Waals surface area contributed by atoms with Gasteiger partial charge in [-0.15, -0.1) is 0 Å². The van der Waals surface area contributed by atoms with Gasteiger partial charge < -0.3 is 21.1 Å². The summed E-state index contributed by atoms with van der Waals surface area (Å²) >= 11 is 0. The van der Waals surface area contributed by atoms with E-state index in [1.807, 2.05) is 0 Å². The zero-order chi connectivity index (χ0) is 13.2. The standard InChI is InChI=1S/C10H16N4O3/c1-5(11)9(15)7(8(12)10(16)17)6-3-14(2)4-13-6/h3-5,7-8H,11-12H2,1-2H3,(H,16,17). The second kappa shape index (κ2) is 5.07. The van der Waals surface area contributed by atoms with Crippen LogP contribution in [0.15, 0.2) is 12.5 Å². The molecule has 0 aliphatic carbocycles. The largest absolute Gasteiger partial charge is 0.480 e. The van der Waals surface area contributed by atoms with E-state index < -0.39 is 29.8 Å². The zero-order valence-corrected chi connectivity index (χ0v) is 9.70. The summed E-state index contributed by atoms with van der Waals surface area (Å²) in [5, 5.41) is 8.90.